The molecular formula is C14H19N3O3S. The molecule has 1 aromatic carbocycles. The molecule has 0 bridgehead atoms. The van der Waals surface area contributed by atoms with Gasteiger partial charge in [0.15, 0.2) is 0 Å². The van der Waals surface area contributed by atoms with Crippen LogP contribution in [-0.2, 0) is 14.8 Å². The monoisotopic (exact) mass is 309 g/mol. The van der Waals surface area contributed by atoms with Crippen LogP contribution in [-0.4, -0.2) is 43.5 Å². The molecule has 114 valence electrons. The van der Waals surface area contributed by atoms with E-state index in [9.17, 15) is 8.42 Å². The number of nitrogens with one attached hydrogen (secondary N) is 1. The number of fused-ring (bicyclic) bond motifs is 1. The molecule has 2 heterocycles. The molecule has 1 fully saturated rings. The van der Waals surface area contributed by atoms with Gasteiger partial charge in [-0.25, -0.2) is 8.42 Å². The van der Waals surface area contributed by atoms with Gasteiger partial charge in [0.2, 0.25) is 10.0 Å². The summed E-state index contributed by atoms with van der Waals surface area (Å²) in [6.45, 7) is 3.23. The third kappa shape index (κ3) is 2.41. The molecule has 0 saturated carbocycles. The number of nitrogens with zero attached hydrogens (tertiary/aromatic N) is 1. The van der Waals surface area contributed by atoms with Crippen LogP contribution in [0.5, 0.6) is 0 Å². The quantitative estimate of drug-likeness (QED) is 0.842. The zero-order valence-corrected chi connectivity index (χ0v) is 12.7. The van der Waals surface area contributed by atoms with Crippen LogP contribution >= 0.6 is 0 Å². The molecule has 1 saturated heterocycles. The summed E-state index contributed by atoms with van der Waals surface area (Å²) in [4.78, 5) is 3.28. The normalized spacial score (nSPS) is 20.9. The van der Waals surface area contributed by atoms with Crippen molar-refractivity contribution in [2.75, 3.05) is 25.5 Å². The predicted octanol–water partition coefficient (Wildman–Crippen LogP) is 1.55. The Morgan fingerprint density at radius 1 is 1.48 bits per heavy atom. The van der Waals surface area contributed by atoms with Crippen molar-refractivity contribution in [3.8, 4) is 0 Å². The van der Waals surface area contributed by atoms with Crippen LogP contribution in [0.4, 0.5) is 5.69 Å². The molecule has 6 nitrogen and oxygen atoms in total. The largest absolute Gasteiger partial charge is 0.399 e. The highest BCUT2D eigenvalue weighted by Crippen LogP contribution is 2.29. The summed E-state index contributed by atoms with van der Waals surface area (Å²) in [7, 11) is -3.56. The molecule has 1 atom stereocenters. The lowest BCUT2D eigenvalue weighted by atomic mass is 10.2. The number of aromatic amines is 1. The Labute approximate surface area is 123 Å². The van der Waals surface area contributed by atoms with E-state index in [-0.39, 0.29) is 10.9 Å². The van der Waals surface area contributed by atoms with Gasteiger partial charge in [-0.15, -0.1) is 0 Å². The van der Waals surface area contributed by atoms with Crippen molar-refractivity contribution in [2.24, 2.45) is 0 Å². The highest BCUT2D eigenvalue weighted by Gasteiger charge is 2.34. The van der Waals surface area contributed by atoms with Crippen molar-refractivity contribution in [3.63, 3.8) is 0 Å². The van der Waals surface area contributed by atoms with Gasteiger partial charge in [0, 0.05) is 35.4 Å². The summed E-state index contributed by atoms with van der Waals surface area (Å²) in [5.74, 6) is 0. The molecule has 1 aliphatic rings. The Hall–Kier alpha value is -1.57. The van der Waals surface area contributed by atoms with Gasteiger partial charge in [-0.1, -0.05) is 6.92 Å². The second-order valence-electron chi connectivity index (χ2n) is 5.21. The number of nitrogen functional groups attached to an aromatic ring is 1. The number of benzene rings is 1. The van der Waals surface area contributed by atoms with E-state index in [1.807, 2.05) is 6.92 Å². The van der Waals surface area contributed by atoms with E-state index in [0.717, 1.165) is 11.9 Å². The van der Waals surface area contributed by atoms with Gasteiger partial charge in [0.05, 0.1) is 13.2 Å². The second kappa shape index (κ2) is 5.32. The van der Waals surface area contributed by atoms with Crippen LogP contribution in [0.2, 0.25) is 0 Å². The van der Waals surface area contributed by atoms with Crippen LogP contribution in [0.3, 0.4) is 0 Å². The average molecular weight is 309 g/mol. The van der Waals surface area contributed by atoms with E-state index < -0.39 is 10.0 Å². The van der Waals surface area contributed by atoms with Gasteiger partial charge in [-0.05, 0) is 24.6 Å². The van der Waals surface area contributed by atoms with Crippen molar-refractivity contribution < 1.29 is 13.2 Å². The first-order valence-electron chi connectivity index (χ1n) is 7.00. The smallest absolute Gasteiger partial charge is 0.245 e. The van der Waals surface area contributed by atoms with Crippen molar-refractivity contribution in [2.45, 2.75) is 24.3 Å². The minimum absolute atomic E-state index is 0.116. The third-order valence-corrected chi connectivity index (χ3v) is 5.89. The van der Waals surface area contributed by atoms with Gasteiger partial charge in [-0.3, -0.25) is 0 Å². The first-order chi connectivity index (χ1) is 10.0. The summed E-state index contributed by atoms with van der Waals surface area (Å²) in [5, 5.41) is 0.636. The van der Waals surface area contributed by atoms with E-state index in [1.54, 1.807) is 28.7 Å². The molecule has 0 spiro atoms. The average Bonchev–Trinajstić information content (AvgIpc) is 2.90. The molecule has 3 rings (SSSR count). The molecule has 1 aromatic heterocycles. The molecule has 0 aliphatic carbocycles. The summed E-state index contributed by atoms with van der Waals surface area (Å²) >= 11 is 0. The molecule has 0 amide bonds. The molecule has 7 heteroatoms. The second-order valence-corrected chi connectivity index (χ2v) is 7.07. The maximum absolute atomic E-state index is 13.0. The lowest BCUT2D eigenvalue weighted by molar-refractivity contribution is 0.0314. The fourth-order valence-corrected chi connectivity index (χ4v) is 4.55. The Kier molecular flexibility index (Phi) is 3.64. The SMILES string of the molecule is CCC1COCCN1S(=O)(=O)c1c[nH]c2ccc(N)cc12. The Morgan fingerprint density at radius 2 is 2.29 bits per heavy atom. The predicted molar refractivity (Wildman–Crippen MR) is 81.5 cm³/mol. The van der Waals surface area contributed by atoms with E-state index >= 15 is 0 Å². The molecule has 1 aliphatic heterocycles. The highest BCUT2D eigenvalue weighted by atomic mass is 32.2. The number of hydrogen-bond acceptors (Lipinski definition) is 4. The van der Waals surface area contributed by atoms with Crippen molar-refractivity contribution in [1.29, 1.82) is 0 Å². The zero-order valence-electron chi connectivity index (χ0n) is 11.9. The molecule has 21 heavy (non-hydrogen) atoms. The minimum Gasteiger partial charge on any atom is -0.399 e. The van der Waals surface area contributed by atoms with Crippen molar-refractivity contribution in [1.82, 2.24) is 9.29 Å². The van der Waals surface area contributed by atoms with Gasteiger partial charge in [0.25, 0.3) is 0 Å². The highest BCUT2D eigenvalue weighted by molar-refractivity contribution is 7.89. The zero-order chi connectivity index (χ0) is 15.0. The summed E-state index contributed by atoms with van der Waals surface area (Å²) in [5.41, 5.74) is 7.10. The van der Waals surface area contributed by atoms with Crippen molar-refractivity contribution in [3.05, 3.63) is 24.4 Å². The number of nitrogens with two attached hydrogens (primary N) is 1. The maximum atomic E-state index is 13.0. The number of ether oxygens (including phenoxy) is 1. The minimum atomic E-state index is -3.56. The number of morpholine rings is 1. The Morgan fingerprint density at radius 3 is 3.05 bits per heavy atom. The summed E-state index contributed by atoms with van der Waals surface area (Å²) < 4.78 is 32.8. The number of hydrogen-bond donors (Lipinski definition) is 2. The number of aromatic nitrogens is 1. The first-order valence-corrected chi connectivity index (χ1v) is 8.44. The molecule has 3 N–H and O–H groups in total. The standard InChI is InChI=1S/C14H19N3O3S/c1-2-11-9-20-6-5-17(11)21(18,19)14-8-16-13-4-3-10(15)7-12(13)14/h3-4,7-8,11,16H,2,5-6,9,15H2,1H3. The van der Waals surface area contributed by atoms with E-state index in [1.165, 1.54) is 0 Å². The van der Waals surface area contributed by atoms with E-state index in [0.29, 0.717) is 30.8 Å². The van der Waals surface area contributed by atoms with Crippen LogP contribution in [0, 0.1) is 0 Å². The van der Waals surface area contributed by atoms with Crippen molar-refractivity contribution >= 4 is 26.6 Å². The number of anilines is 1. The fraction of sp³-hybridized carbons (Fsp3) is 0.429. The molecular weight excluding hydrogens is 290 g/mol. The van der Waals surface area contributed by atoms with Crippen LogP contribution < -0.4 is 5.73 Å². The van der Waals surface area contributed by atoms with Gasteiger partial charge >= 0.3 is 0 Å². The van der Waals surface area contributed by atoms with Crippen LogP contribution in [0.25, 0.3) is 10.9 Å². The van der Waals surface area contributed by atoms with Gasteiger partial charge in [-0.2, -0.15) is 4.31 Å². The van der Waals surface area contributed by atoms with E-state index in [2.05, 4.69) is 4.98 Å². The number of H-pyrrole nitrogens is 1. The number of sulfonamides is 1. The van der Waals surface area contributed by atoms with E-state index in [4.69, 9.17) is 10.5 Å². The van der Waals surface area contributed by atoms with Crippen LogP contribution in [0.1, 0.15) is 13.3 Å². The maximum Gasteiger partial charge on any atom is 0.245 e. The molecule has 0 radical (unpaired) electrons. The number of rotatable bonds is 3. The first kappa shape index (κ1) is 14.4. The third-order valence-electron chi connectivity index (χ3n) is 3.90. The lowest BCUT2D eigenvalue weighted by Crippen LogP contribution is -2.48. The Balaban J connectivity index is 2.09. The van der Waals surface area contributed by atoms with Gasteiger partial charge < -0.3 is 15.5 Å². The van der Waals surface area contributed by atoms with Crippen LogP contribution in [0.15, 0.2) is 29.3 Å². The van der Waals surface area contributed by atoms with Gasteiger partial charge in [0.1, 0.15) is 4.90 Å². The summed E-state index contributed by atoms with van der Waals surface area (Å²) in [6, 6.07) is 5.12. The Bertz CT molecular complexity index is 754. The summed E-state index contributed by atoms with van der Waals surface area (Å²) in [6.07, 6.45) is 2.27. The molecule has 2 aromatic rings. The molecule has 1 unspecified atom stereocenters. The fourth-order valence-electron chi connectivity index (χ4n) is 2.73. The topological polar surface area (TPSA) is 88.4 Å². The lowest BCUT2D eigenvalue weighted by Gasteiger charge is -2.33.